The standard InChI is InChI=1S/C26H33IN2O7/c1-34-21-6-4-3-5-17(21)7-8-28-20-13-18(26(33)29-9-10-30)14-22(24(20)32)36-25-19(27)11-16(15-31)12-23(25)35-2/h3-6,11-12,14,20,22,24,28,30-32H,7-10,13,15H2,1-2H3,(H,29,33). The summed E-state index contributed by atoms with van der Waals surface area (Å²) in [5, 5.41) is 35.9. The highest BCUT2D eigenvalue weighted by Crippen LogP contribution is 2.36. The third-order valence-electron chi connectivity index (χ3n) is 5.96. The molecule has 0 spiro atoms. The van der Waals surface area contributed by atoms with E-state index in [1.165, 1.54) is 7.11 Å². The highest BCUT2D eigenvalue weighted by atomic mass is 127. The second-order valence-corrected chi connectivity index (χ2v) is 9.50. The van der Waals surface area contributed by atoms with E-state index >= 15 is 0 Å². The molecule has 1 aliphatic rings. The number of carbonyl (C=O) groups excluding carboxylic acids is 1. The Morgan fingerprint density at radius 2 is 1.86 bits per heavy atom. The summed E-state index contributed by atoms with van der Waals surface area (Å²) >= 11 is 2.09. The predicted octanol–water partition coefficient (Wildman–Crippen LogP) is 1.55. The van der Waals surface area contributed by atoms with Crippen LogP contribution in [-0.4, -0.2) is 73.4 Å². The molecule has 0 bridgehead atoms. The van der Waals surface area contributed by atoms with Crippen molar-refractivity contribution in [3.05, 3.63) is 62.7 Å². The number of amides is 1. The lowest BCUT2D eigenvalue weighted by atomic mass is 9.89. The molecular formula is C26H33IN2O7. The molecule has 3 atom stereocenters. The Morgan fingerprint density at radius 1 is 1.11 bits per heavy atom. The van der Waals surface area contributed by atoms with Gasteiger partial charge in [0.05, 0.1) is 31.0 Å². The highest BCUT2D eigenvalue weighted by Gasteiger charge is 2.36. The van der Waals surface area contributed by atoms with Gasteiger partial charge >= 0.3 is 0 Å². The molecular weight excluding hydrogens is 579 g/mol. The van der Waals surface area contributed by atoms with E-state index in [2.05, 4.69) is 33.2 Å². The fourth-order valence-electron chi connectivity index (χ4n) is 4.12. The first-order chi connectivity index (χ1) is 17.4. The summed E-state index contributed by atoms with van der Waals surface area (Å²) in [5.74, 6) is 1.31. The van der Waals surface area contributed by atoms with Crippen LogP contribution in [-0.2, 0) is 17.8 Å². The smallest absolute Gasteiger partial charge is 0.247 e. The van der Waals surface area contributed by atoms with Gasteiger partial charge in [-0.1, -0.05) is 18.2 Å². The zero-order chi connectivity index (χ0) is 26.1. The Morgan fingerprint density at radius 3 is 2.56 bits per heavy atom. The quantitative estimate of drug-likeness (QED) is 0.229. The first kappa shape index (κ1) is 28.2. The molecule has 1 amide bonds. The number of aliphatic hydroxyl groups is 3. The van der Waals surface area contributed by atoms with Gasteiger partial charge in [0.2, 0.25) is 5.91 Å². The van der Waals surface area contributed by atoms with Crippen LogP contribution in [0.4, 0.5) is 0 Å². The van der Waals surface area contributed by atoms with Gasteiger partial charge in [-0.25, -0.2) is 0 Å². The summed E-state index contributed by atoms with van der Waals surface area (Å²) in [6.07, 6.45) is 0.797. The fourth-order valence-corrected chi connectivity index (χ4v) is 4.91. The number of methoxy groups -OCH3 is 2. The van der Waals surface area contributed by atoms with Crippen molar-refractivity contribution in [3.8, 4) is 17.2 Å². The largest absolute Gasteiger partial charge is 0.496 e. The molecule has 2 aromatic rings. The lowest BCUT2D eigenvalue weighted by Crippen LogP contribution is -2.52. The monoisotopic (exact) mass is 612 g/mol. The average Bonchev–Trinajstić information content (AvgIpc) is 2.90. The third kappa shape index (κ3) is 7.10. The molecule has 3 unspecified atom stereocenters. The summed E-state index contributed by atoms with van der Waals surface area (Å²) in [6, 6.07) is 10.7. The Kier molecular flexibility index (Phi) is 10.8. The number of halogens is 1. The molecule has 0 saturated heterocycles. The molecule has 10 heteroatoms. The SMILES string of the molecule is COc1ccccc1CCNC1CC(C(=O)NCCO)=CC(Oc2c(I)cc(CO)cc2OC)C1O. The molecule has 0 aromatic heterocycles. The molecule has 0 fully saturated rings. The molecule has 3 rings (SSSR count). The number of aliphatic hydroxyl groups excluding tert-OH is 3. The highest BCUT2D eigenvalue weighted by molar-refractivity contribution is 14.1. The van der Waals surface area contributed by atoms with Crippen LogP contribution in [0.1, 0.15) is 17.5 Å². The maximum absolute atomic E-state index is 12.7. The molecule has 9 nitrogen and oxygen atoms in total. The van der Waals surface area contributed by atoms with Crippen LogP contribution in [0.25, 0.3) is 0 Å². The van der Waals surface area contributed by atoms with Crippen molar-refractivity contribution >= 4 is 28.5 Å². The van der Waals surface area contributed by atoms with Crippen LogP contribution in [0.15, 0.2) is 48.0 Å². The maximum atomic E-state index is 12.7. The minimum absolute atomic E-state index is 0.129. The fraction of sp³-hybridized carbons (Fsp3) is 0.423. The zero-order valence-electron chi connectivity index (χ0n) is 20.4. The normalized spacial score (nSPS) is 19.4. The summed E-state index contributed by atoms with van der Waals surface area (Å²) in [6.45, 7) is 0.359. The van der Waals surface area contributed by atoms with E-state index in [9.17, 15) is 15.0 Å². The number of para-hydroxylation sites is 1. The van der Waals surface area contributed by atoms with Crippen molar-refractivity contribution < 1.29 is 34.3 Å². The number of ether oxygens (including phenoxy) is 3. The van der Waals surface area contributed by atoms with Gasteiger partial charge in [-0.15, -0.1) is 0 Å². The number of rotatable bonds is 12. The maximum Gasteiger partial charge on any atom is 0.247 e. The van der Waals surface area contributed by atoms with E-state index in [0.717, 1.165) is 11.3 Å². The summed E-state index contributed by atoms with van der Waals surface area (Å²) in [7, 11) is 3.13. The van der Waals surface area contributed by atoms with Crippen molar-refractivity contribution in [2.75, 3.05) is 33.9 Å². The Hall–Kier alpha value is -2.38. The van der Waals surface area contributed by atoms with Gasteiger partial charge in [0.1, 0.15) is 18.0 Å². The second kappa shape index (κ2) is 13.8. The average molecular weight is 612 g/mol. The van der Waals surface area contributed by atoms with E-state index in [1.54, 1.807) is 25.3 Å². The van der Waals surface area contributed by atoms with Gasteiger partial charge in [0.15, 0.2) is 11.5 Å². The van der Waals surface area contributed by atoms with Crippen molar-refractivity contribution in [1.29, 1.82) is 0 Å². The number of benzene rings is 2. The van der Waals surface area contributed by atoms with E-state index in [1.807, 2.05) is 24.3 Å². The van der Waals surface area contributed by atoms with Crippen molar-refractivity contribution in [2.45, 2.75) is 37.7 Å². The summed E-state index contributed by atoms with van der Waals surface area (Å²) in [4.78, 5) is 12.7. The first-order valence-electron chi connectivity index (χ1n) is 11.7. The van der Waals surface area contributed by atoms with E-state index in [0.29, 0.717) is 45.6 Å². The van der Waals surface area contributed by atoms with Crippen LogP contribution >= 0.6 is 22.6 Å². The minimum Gasteiger partial charge on any atom is -0.496 e. The molecule has 1 aliphatic carbocycles. The van der Waals surface area contributed by atoms with Crippen LogP contribution in [0, 0.1) is 3.57 Å². The summed E-state index contributed by atoms with van der Waals surface area (Å²) in [5.41, 5.74) is 2.16. The molecule has 196 valence electrons. The molecule has 0 heterocycles. The van der Waals surface area contributed by atoms with Gasteiger partial charge in [-0.3, -0.25) is 4.79 Å². The van der Waals surface area contributed by atoms with Crippen LogP contribution in [0.2, 0.25) is 0 Å². The Balaban J connectivity index is 1.81. The van der Waals surface area contributed by atoms with Gasteiger partial charge < -0.3 is 40.2 Å². The van der Waals surface area contributed by atoms with Gasteiger partial charge in [0, 0.05) is 18.2 Å². The van der Waals surface area contributed by atoms with Gasteiger partial charge in [-0.2, -0.15) is 0 Å². The number of nitrogens with one attached hydrogen (secondary N) is 2. The Bertz CT molecular complexity index is 1060. The minimum atomic E-state index is -0.949. The molecule has 0 saturated carbocycles. The van der Waals surface area contributed by atoms with E-state index < -0.39 is 18.2 Å². The zero-order valence-corrected chi connectivity index (χ0v) is 22.5. The Labute approximate surface area is 224 Å². The van der Waals surface area contributed by atoms with Crippen molar-refractivity contribution in [1.82, 2.24) is 10.6 Å². The van der Waals surface area contributed by atoms with Crippen LogP contribution in [0.5, 0.6) is 17.2 Å². The number of hydrogen-bond donors (Lipinski definition) is 5. The van der Waals surface area contributed by atoms with Crippen molar-refractivity contribution in [3.63, 3.8) is 0 Å². The molecule has 0 radical (unpaired) electrons. The molecule has 2 aromatic carbocycles. The third-order valence-corrected chi connectivity index (χ3v) is 6.76. The predicted molar refractivity (Wildman–Crippen MR) is 143 cm³/mol. The van der Waals surface area contributed by atoms with Crippen LogP contribution < -0.4 is 24.8 Å². The molecule has 5 N–H and O–H groups in total. The van der Waals surface area contributed by atoms with Crippen molar-refractivity contribution in [2.24, 2.45) is 0 Å². The lowest BCUT2D eigenvalue weighted by Gasteiger charge is -2.35. The lowest BCUT2D eigenvalue weighted by molar-refractivity contribution is -0.118. The van der Waals surface area contributed by atoms with Gasteiger partial charge in [-0.05, 0) is 77.4 Å². The molecule has 36 heavy (non-hydrogen) atoms. The number of carbonyl (C=O) groups is 1. The van der Waals surface area contributed by atoms with E-state index in [-0.39, 0.29) is 25.7 Å². The summed E-state index contributed by atoms with van der Waals surface area (Å²) < 4.78 is 17.8. The first-order valence-corrected chi connectivity index (χ1v) is 12.8. The second-order valence-electron chi connectivity index (χ2n) is 8.34. The molecule has 0 aliphatic heterocycles. The topological polar surface area (TPSA) is 130 Å². The number of hydrogen-bond acceptors (Lipinski definition) is 8. The van der Waals surface area contributed by atoms with Gasteiger partial charge in [0.25, 0.3) is 0 Å². The van der Waals surface area contributed by atoms with E-state index in [4.69, 9.17) is 19.3 Å². The van der Waals surface area contributed by atoms with Crippen LogP contribution in [0.3, 0.4) is 0 Å².